The third-order valence-electron chi connectivity index (χ3n) is 14.0. The van der Waals surface area contributed by atoms with Gasteiger partial charge >= 0.3 is 12.1 Å². The lowest BCUT2D eigenvalue weighted by atomic mass is 9.73. The number of rotatable bonds is 11. The van der Waals surface area contributed by atoms with Crippen molar-refractivity contribution in [2.75, 3.05) is 46.9 Å². The Morgan fingerprint density at radius 2 is 1.69 bits per heavy atom. The van der Waals surface area contributed by atoms with Crippen LogP contribution < -0.4 is 0 Å². The quantitative estimate of drug-likeness (QED) is 0.210. The molecule has 13 atom stereocenters. The Morgan fingerprint density at radius 3 is 2.39 bits per heavy atom. The fraction of sp³-hybridized carbons (Fsp3) is 0.688. The molecular formula is C48H70N4O10. The Labute approximate surface area is 367 Å². The van der Waals surface area contributed by atoms with Crippen molar-refractivity contribution in [3.63, 3.8) is 0 Å². The topological polar surface area (TPSA) is 157 Å². The van der Waals surface area contributed by atoms with E-state index in [1.54, 1.807) is 24.9 Å². The summed E-state index contributed by atoms with van der Waals surface area (Å²) in [5, 5.41) is 12.7. The SMILES string of the molecule is CC[C@H]1OC(=O)[C@H](C)C(=O)[C@H](C)[C@@H](O[C@@H]2O[C@H](C)C[C@H](N(C)C)[C@H]2O)[C@](C)(OC/C=C/c2cnc3ccccc3c2)C[C@@H](C)C(=O)[C@H](C)[C@H]2N(CCN3CCCC3)C(=O)O[C@]12C. The van der Waals surface area contributed by atoms with Crippen LogP contribution in [0.5, 0.6) is 0 Å². The number of ketones is 2. The first kappa shape index (κ1) is 47.7. The summed E-state index contributed by atoms with van der Waals surface area (Å²) in [5.74, 6) is -5.05. The summed E-state index contributed by atoms with van der Waals surface area (Å²) >= 11 is 0. The average molecular weight is 863 g/mol. The molecule has 0 radical (unpaired) electrons. The summed E-state index contributed by atoms with van der Waals surface area (Å²) < 4.78 is 32.3. The molecule has 0 aliphatic carbocycles. The lowest BCUT2D eigenvalue weighted by molar-refractivity contribution is -0.296. The van der Waals surface area contributed by atoms with Gasteiger partial charge in [0.1, 0.15) is 23.9 Å². The Bertz CT molecular complexity index is 1940. The molecule has 4 aliphatic heterocycles. The number of Topliss-reactive ketones (excluding diaryl/α,β-unsaturated/α-hetero) is 2. The smallest absolute Gasteiger partial charge is 0.410 e. The number of cyclic esters (lactones) is 1. The van der Waals surface area contributed by atoms with Crippen LogP contribution >= 0.6 is 0 Å². The molecule has 0 saturated carbocycles. The number of carbonyl (C=O) groups is 4. The fourth-order valence-electron chi connectivity index (χ4n) is 10.5. The van der Waals surface area contributed by atoms with Gasteiger partial charge in [-0.1, -0.05) is 58.0 Å². The summed E-state index contributed by atoms with van der Waals surface area (Å²) in [4.78, 5) is 68.2. The molecule has 4 fully saturated rings. The third-order valence-corrected chi connectivity index (χ3v) is 14.0. The minimum Gasteiger partial charge on any atom is -0.458 e. The zero-order chi connectivity index (χ0) is 45.1. The van der Waals surface area contributed by atoms with Gasteiger partial charge in [0.15, 0.2) is 17.7 Å². The first-order chi connectivity index (χ1) is 29.4. The standard InChI is InChI=1S/C48H70N4O10/c1-11-38-48(8)42(52(46(57)62-48)23-22-51-20-14-15-21-51)31(4)39(53)29(2)27-47(7,58-24-16-17-34-26-35-18-12-13-19-36(35)49-28-34)43(32(5)40(54)33(6)44(56)60-38)61-45-41(55)37(50(9)10)25-30(3)59-45/h12-13,16-19,26,28-33,37-38,41-43,45,55H,11,14-15,20-25,27H2,1-10H3/b17-16+/t29-,30-,31+,32+,33-,37+,38-,41-,42-,43-,45+,47-,48-/m1/s1. The maximum Gasteiger partial charge on any atom is 0.410 e. The molecule has 4 saturated heterocycles. The van der Waals surface area contributed by atoms with Crippen LogP contribution in [0.3, 0.4) is 0 Å². The number of esters is 1. The van der Waals surface area contributed by atoms with Crippen LogP contribution in [0.1, 0.15) is 93.1 Å². The number of aliphatic hydroxyl groups is 1. The second-order valence-corrected chi connectivity index (χ2v) is 18.9. The number of aromatic nitrogens is 1. The van der Waals surface area contributed by atoms with Gasteiger partial charge in [-0.3, -0.25) is 24.3 Å². The first-order valence-corrected chi connectivity index (χ1v) is 22.7. The Hall–Kier alpha value is -3.79. The molecule has 0 bridgehead atoms. The zero-order valence-corrected chi connectivity index (χ0v) is 38.5. The van der Waals surface area contributed by atoms with Crippen molar-refractivity contribution in [3.8, 4) is 0 Å². The van der Waals surface area contributed by atoms with E-state index in [1.165, 1.54) is 6.92 Å². The van der Waals surface area contributed by atoms with E-state index in [9.17, 15) is 19.5 Å². The van der Waals surface area contributed by atoms with E-state index in [0.29, 0.717) is 19.5 Å². The number of fused-ring (bicyclic) bond motifs is 2. The van der Waals surface area contributed by atoms with Gasteiger partial charge < -0.3 is 38.6 Å². The molecule has 1 N–H and O–H groups in total. The summed E-state index contributed by atoms with van der Waals surface area (Å²) in [6.45, 7) is 17.1. The van der Waals surface area contributed by atoms with Gasteiger partial charge in [0.25, 0.3) is 0 Å². The third kappa shape index (κ3) is 10.1. The van der Waals surface area contributed by atoms with Gasteiger partial charge in [0, 0.05) is 48.5 Å². The number of amides is 1. The van der Waals surface area contributed by atoms with Gasteiger partial charge in [0.05, 0.1) is 36.0 Å². The van der Waals surface area contributed by atoms with Crippen LogP contribution in [0, 0.1) is 23.7 Å². The molecule has 1 amide bonds. The number of para-hydroxylation sites is 1. The minimum absolute atomic E-state index is 0.0639. The highest BCUT2D eigenvalue weighted by Gasteiger charge is 2.60. The van der Waals surface area contributed by atoms with Crippen LogP contribution in [0.2, 0.25) is 0 Å². The molecule has 2 aromatic rings. The molecule has 14 nitrogen and oxygen atoms in total. The molecule has 0 unspecified atom stereocenters. The van der Waals surface area contributed by atoms with Gasteiger partial charge in [-0.2, -0.15) is 0 Å². The van der Waals surface area contributed by atoms with E-state index in [-0.39, 0.29) is 37.4 Å². The summed E-state index contributed by atoms with van der Waals surface area (Å²) in [6.07, 6.45) is 3.51. The molecule has 6 rings (SSSR count). The number of nitrogens with zero attached hydrogens (tertiary/aromatic N) is 4. The number of pyridine rings is 1. The Morgan fingerprint density at radius 1 is 0.984 bits per heavy atom. The Kier molecular flexibility index (Phi) is 15.3. The molecular weight excluding hydrogens is 793 g/mol. The number of likely N-dealkylation sites (N-methyl/N-ethyl adjacent to an activating group) is 1. The van der Waals surface area contributed by atoms with E-state index in [4.69, 9.17) is 23.7 Å². The number of aliphatic hydroxyl groups excluding tert-OH is 1. The first-order valence-electron chi connectivity index (χ1n) is 22.7. The molecule has 5 heterocycles. The second-order valence-electron chi connectivity index (χ2n) is 18.9. The summed E-state index contributed by atoms with van der Waals surface area (Å²) in [7, 11) is 3.77. The predicted molar refractivity (Wildman–Crippen MR) is 235 cm³/mol. The monoisotopic (exact) mass is 863 g/mol. The fourth-order valence-corrected chi connectivity index (χ4v) is 10.5. The molecule has 0 spiro atoms. The van der Waals surface area contributed by atoms with Crippen LogP contribution in [0.4, 0.5) is 4.79 Å². The zero-order valence-electron chi connectivity index (χ0n) is 38.5. The highest BCUT2D eigenvalue weighted by molar-refractivity contribution is 6.00. The highest BCUT2D eigenvalue weighted by Crippen LogP contribution is 2.43. The average Bonchev–Trinajstić information content (AvgIpc) is 3.86. The molecule has 1 aromatic carbocycles. The van der Waals surface area contributed by atoms with E-state index in [0.717, 1.165) is 42.4 Å². The molecule has 342 valence electrons. The van der Waals surface area contributed by atoms with Crippen molar-refractivity contribution < 1.29 is 48.0 Å². The minimum atomic E-state index is -1.39. The van der Waals surface area contributed by atoms with Crippen LogP contribution in [-0.4, -0.2) is 149 Å². The van der Waals surface area contributed by atoms with Crippen molar-refractivity contribution >= 4 is 40.6 Å². The van der Waals surface area contributed by atoms with Crippen molar-refractivity contribution in [2.45, 2.75) is 141 Å². The maximum atomic E-state index is 15.0. The maximum absolute atomic E-state index is 15.0. The van der Waals surface area contributed by atoms with Crippen LogP contribution in [0.15, 0.2) is 42.6 Å². The number of ether oxygens (including phenoxy) is 5. The van der Waals surface area contributed by atoms with Crippen LogP contribution in [0.25, 0.3) is 17.0 Å². The van der Waals surface area contributed by atoms with Gasteiger partial charge in [-0.15, -0.1) is 0 Å². The molecule has 62 heavy (non-hydrogen) atoms. The largest absolute Gasteiger partial charge is 0.458 e. The predicted octanol–water partition coefficient (Wildman–Crippen LogP) is 5.92. The number of likely N-dealkylation sites (tertiary alicyclic amines) is 1. The Balaban J connectivity index is 1.39. The molecule has 1 aromatic heterocycles. The van der Waals surface area contributed by atoms with E-state index >= 15 is 4.79 Å². The van der Waals surface area contributed by atoms with E-state index in [2.05, 4.69) is 9.88 Å². The van der Waals surface area contributed by atoms with Crippen molar-refractivity contribution in [3.05, 3.63) is 48.2 Å². The van der Waals surface area contributed by atoms with Gasteiger partial charge in [-0.05, 0) is 105 Å². The lowest BCUT2D eigenvalue weighted by Crippen LogP contribution is -2.60. The van der Waals surface area contributed by atoms with Crippen molar-refractivity contribution in [1.29, 1.82) is 0 Å². The normalized spacial score (nSPS) is 36.9. The highest BCUT2D eigenvalue weighted by atomic mass is 16.7. The van der Waals surface area contributed by atoms with E-state index < -0.39 is 83.4 Å². The van der Waals surface area contributed by atoms with Crippen LogP contribution in [-0.2, 0) is 38.1 Å². The summed E-state index contributed by atoms with van der Waals surface area (Å²) in [6, 6.07) is 8.81. The van der Waals surface area contributed by atoms with E-state index in [1.807, 2.05) is 96.1 Å². The van der Waals surface area contributed by atoms with Crippen molar-refractivity contribution in [2.24, 2.45) is 23.7 Å². The number of benzene rings is 1. The second kappa shape index (κ2) is 19.9. The number of hydrogen-bond acceptors (Lipinski definition) is 13. The van der Waals surface area contributed by atoms with Gasteiger partial charge in [-0.25, -0.2) is 4.79 Å². The lowest BCUT2D eigenvalue weighted by Gasteiger charge is -2.47. The number of carbonyl (C=O) groups excluding carboxylic acids is 4. The molecule has 14 heteroatoms. The van der Waals surface area contributed by atoms with Crippen molar-refractivity contribution in [1.82, 2.24) is 19.7 Å². The summed E-state index contributed by atoms with van der Waals surface area (Å²) in [5.41, 5.74) is -1.01. The molecule has 4 aliphatic rings. The van der Waals surface area contributed by atoms with Gasteiger partial charge in [0.2, 0.25) is 0 Å². The number of hydrogen-bond donors (Lipinski definition) is 1.